The fraction of sp³-hybridized carbons (Fsp3) is 0.600. The molecule has 1 saturated carbocycles. The fourth-order valence-corrected chi connectivity index (χ4v) is 5.94. The topological polar surface area (TPSA) is 49.3 Å². The van der Waals surface area contributed by atoms with Crippen LogP contribution in [0.25, 0.3) is 0 Å². The third-order valence-electron chi connectivity index (χ3n) is 4.51. The molecule has 2 N–H and O–H groups in total. The number of aliphatic hydroxyl groups is 1. The Hall–Kier alpha value is -0.790. The normalized spacial score (nSPS) is 23.8. The predicted molar refractivity (Wildman–Crippen MR) is 79.9 cm³/mol. The van der Waals surface area contributed by atoms with Gasteiger partial charge in [-0.05, 0) is 44.2 Å². The third kappa shape index (κ3) is 2.73. The molecule has 19 heavy (non-hydrogen) atoms. The Bertz CT molecular complexity index is 501. The zero-order valence-corrected chi connectivity index (χ0v) is 12.2. The van der Waals surface area contributed by atoms with Crippen molar-refractivity contribution in [3.05, 3.63) is 24.3 Å². The minimum absolute atomic E-state index is 0.520. The molecule has 3 nitrogen and oxygen atoms in total. The zero-order valence-electron chi connectivity index (χ0n) is 11.3. The summed E-state index contributed by atoms with van der Waals surface area (Å²) in [7, 11) is -2.11. The molecule has 104 valence electrons. The highest BCUT2D eigenvalue weighted by molar-refractivity contribution is 7.71. The molecule has 1 aromatic rings. The molecule has 0 unspecified atom stereocenters. The average Bonchev–Trinajstić information content (AvgIpc) is 2.83. The van der Waals surface area contributed by atoms with Crippen molar-refractivity contribution in [1.29, 1.82) is 0 Å². The number of benzene rings is 1. The first-order valence-corrected chi connectivity index (χ1v) is 9.33. The maximum absolute atomic E-state index is 12.8. The molecule has 1 aliphatic heterocycles. The van der Waals surface area contributed by atoms with Crippen molar-refractivity contribution >= 4 is 18.1 Å². The lowest BCUT2D eigenvalue weighted by Crippen LogP contribution is -2.43. The van der Waals surface area contributed by atoms with Gasteiger partial charge in [0.25, 0.3) is 0 Å². The molecular formula is C15H22NO2P. The maximum atomic E-state index is 12.8. The Kier molecular flexibility index (Phi) is 3.44. The molecule has 0 radical (unpaired) electrons. The number of rotatable bonds is 4. The van der Waals surface area contributed by atoms with E-state index in [1.807, 2.05) is 24.3 Å². The van der Waals surface area contributed by atoms with Crippen LogP contribution in [0.15, 0.2) is 24.3 Å². The van der Waals surface area contributed by atoms with Crippen LogP contribution in [-0.2, 0) is 4.57 Å². The fourth-order valence-electron chi connectivity index (χ4n) is 3.00. The van der Waals surface area contributed by atoms with Gasteiger partial charge in [-0.1, -0.05) is 12.1 Å². The van der Waals surface area contributed by atoms with Crippen molar-refractivity contribution in [3.8, 4) is 0 Å². The summed E-state index contributed by atoms with van der Waals surface area (Å²) in [6, 6.07) is 7.98. The van der Waals surface area contributed by atoms with Crippen molar-refractivity contribution in [3.63, 3.8) is 0 Å². The molecule has 0 amide bonds. The number of nitrogens with one attached hydrogen (secondary N) is 1. The Morgan fingerprint density at radius 3 is 2.58 bits per heavy atom. The van der Waals surface area contributed by atoms with Gasteiger partial charge in [-0.2, -0.15) is 0 Å². The van der Waals surface area contributed by atoms with Gasteiger partial charge in [0.2, 0.25) is 0 Å². The van der Waals surface area contributed by atoms with Crippen LogP contribution < -0.4 is 10.6 Å². The van der Waals surface area contributed by atoms with Crippen LogP contribution in [-0.4, -0.2) is 29.6 Å². The van der Waals surface area contributed by atoms with E-state index >= 15 is 0 Å². The summed E-state index contributed by atoms with van der Waals surface area (Å²) in [6.45, 7) is 0.598. The molecule has 2 fully saturated rings. The second-order valence-corrected chi connectivity index (χ2v) is 9.21. The minimum Gasteiger partial charge on any atom is -0.388 e. The van der Waals surface area contributed by atoms with Gasteiger partial charge in [0.15, 0.2) is 0 Å². The van der Waals surface area contributed by atoms with Crippen molar-refractivity contribution in [1.82, 2.24) is 0 Å². The van der Waals surface area contributed by atoms with Crippen LogP contribution in [0.3, 0.4) is 0 Å². The van der Waals surface area contributed by atoms with Crippen molar-refractivity contribution < 1.29 is 9.67 Å². The summed E-state index contributed by atoms with van der Waals surface area (Å²) >= 11 is 0. The van der Waals surface area contributed by atoms with Gasteiger partial charge in [-0.15, -0.1) is 0 Å². The summed E-state index contributed by atoms with van der Waals surface area (Å²) in [5.41, 5.74) is 0.466. The molecular weight excluding hydrogens is 257 g/mol. The van der Waals surface area contributed by atoms with Crippen LogP contribution in [0.5, 0.6) is 0 Å². The van der Waals surface area contributed by atoms with Crippen LogP contribution >= 0.6 is 7.14 Å². The Labute approximate surface area is 114 Å². The Morgan fingerprint density at radius 2 is 1.95 bits per heavy atom. The molecule has 0 atom stereocenters. The molecule has 1 heterocycles. The van der Waals surface area contributed by atoms with Gasteiger partial charge in [0, 0.05) is 29.9 Å². The molecule has 2 aliphatic rings. The van der Waals surface area contributed by atoms with E-state index in [1.165, 1.54) is 0 Å². The van der Waals surface area contributed by atoms with Gasteiger partial charge in [-0.25, -0.2) is 0 Å². The van der Waals surface area contributed by atoms with E-state index in [0.29, 0.717) is 6.54 Å². The molecule has 3 rings (SSSR count). The first-order valence-electron chi connectivity index (χ1n) is 7.25. The molecule has 0 spiro atoms. The van der Waals surface area contributed by atoms with E-state index < -0.39 is 12.7 Å². The van der Waals surface area contributed by atoms with E-state index in [2.05, 4.69) is 5.32 Å². The third-order valence-corrected chi connectivity index (χ3v) is 7.81. The quantitative estimate of drug-likeness (QED) is 0.833. The lowest BCUT2D eigenvalue weighted by molar-refractivity contribution is -0.0201. The maximum Gasteiger partial charge on any atom is 0.115 e. The van der Waals surface area contributed by atoms with Gasteiger partial charge in [0.1, 0.15) is 7.14 Å². The second-order valence-electron chi connectivity index (χ2n) is 6.03. The number of hydrogen-bond donors (Lipinski definition) is 2. The van der Waals surface area contributed by atoms with E-state index in [-0.39, 0.29) is 0 Å². The predicted octanol–water partition coefficient (Wildman–Crippen LogP) is 2.80. The smallest absolute Gasteiger partial charge is 0.115 e. The molecule has 0 bridgehead atoms. The number of anilines is 1. The summed E-state index contributed by atoms with van der Waals surface area (Å²) in [5, 5.41) is 14.4. The van der Waals surface area contributed by atoms with Crippen molar-refractivity contribution in [2.45, 2.75) is 37.7 Å². The zero-order chi connectivity index (χ0) is 13.3. The first-order chi connectivity index (χ1) is 9.10. The van der Waals surface area contributed by atoms with Crippen LogP contribution in [0.1, 0.15) is 32.1 Å². The second kappa shape index (κ2) is 4.96. The molecule has 1 aromatic carbocycles. The van der Waals surface area contributed by atoms with E-state index in [0.717, 1.165) is 55.4 Å². The van der Waals surface area contributed by atoms with Gasteiger partial charge < -0.3 is 15.0 Å². The average molecular weight is 279 g/mol. The first kappa shape index (κ1) is 13.2. The summed E-state index contributed by atoms with van der Waals surface area (Å²) < 4.78 is 12.8. The van der Waals surface area contributed by atoms with E-state index in [1.54, 1.807) is 0 Å². The number of hydrogen-bond acceptors (Lipinski definition) is 3. The van der Waals surface area contributed by atoms with Crippen LogP contribution in [0.4, 0.5) is 5.69 Å². The van der Waals surface area contributed by atoms with Crippen molar-refractivity contribution in [2.24, 2.45) is 0 Å². The summed E-state index contributed by atoms with van der Waals surface area (Å²) in [5.74, 6) is 0. The van der Waals surface area contributed by atoms with Gasteiger partial charge in [-0.3, -0.25) is 0 Å². The van der Waals surface area contributed by atoms with Crippen LogP contribution in [0, 0.1) is 0 Å². The largest absolute Gasteiger partial charge is 0.388 e. The lowest BCUT2D eigenvalue weighted by atomic mass is 9.80. The van der Waals surface area contributed by atoms with E-state index in [4.69, 9.17) is 0 Å². The monoisotopic (exact) mass is 279 g/mol. The molecule has 4 heteroatoms. The Balaban J connectivity index is 1.71. The van der Waals surface area contributed by atoms with Crippen LogP contribution in [0.2, 0.25) is 0 Å². The summed E-state index contributed by atoms with van der Waals surface area (Å²) in [6.07, 6.45) is 6.80. The SMILES string of the molecule is O=P1(c2cccc(NCC3(O)CCC3)c2)CCCC1. The Morgan fingerprint density at radius 1 is 1.21 bits per heavy atom. The standard InChI is InChI=1S/C15H22NO2P/c17-15(7-4-8-15)12-16-13-5-3-6-14(11-13)19(18)9-1-2-10-19/h3,5-6,11,16-17H,1-2,4,7-10,12H2. The summed E-state index contributed by atoms with van der Waals surface area (Å²) in [4.78, 5) is 0. The highest BCUT2D eigenvalue weighted by Crippen LogP contribution is 2.51. The molecule has 0 aromatic heterocycles. The van der Waals surface area contributed by atoms with Crippen molar-refractivity contribution in [2.75, 3.05) is 24.2 Å². The lowest BCUT2D eigenvalue weighted by Gasteiger charge is -2.36. The van der Waals surface area contributed by atoms with Gasteiger partial charge >= 0.3 is 0 Å². The van der Waals surface area contributed by atoms with E-state index in [9.17, 15) is 9.67 Å². The molecule has 1 saturated heterocycles. The highest BCUT2D eigenvalue weighted by Gasteiger charge is 2.34. The minimum atomic E-state index is -2.11. The highest BCUT2D eigenvalue weighted by atomic mass is 31.2. The molecule has 1 aliphatic carbocycles. The van der Waals surface area contributed by atoms with Gasteiger partial charge in [0.05, 0.1) is 5.60 Å².